The number of nitrogens with one attached hydrogen (secondary N) is 1. The van der Waals surface area contributed by atoms with E-state index in [4.69, 9.17) is 5.73 Å². The van der Waals surface area contributed by atoms with Crippen LogP contribution in [0, 0.1) is 0 Å². The zero-order valence-electron chi connectivity index (χ0n) is 7.69. The van der Waals surface area contributed by atoms with E-state index in [1.165, 1.54) is 12.1 Å². The van der Waals surface area contributed by atoms with Crippen LogP contribution in [0.3, 0.4) is 0 Å². The minimum absolute atomic E-state index is 0.518. The maximum atomic E-state index is 5.79. The van der Waals surface area contributed by atoms with Crippen molar-refractivity contribution >= 4 is 35.6 Å². The van der Waals surface area contributed by atoms with E-state index in [1.807, 2.05) is 25.1 Å². The summed E-state index contributed by atoms with van der Waals surface area (Å²) in [6, 6.07) is 5.81. The standard InChI is InChI=1S/C9H10N4S/c1-2-11-6-4-3-5-7-8(6)9(10)13-14-12-7/h2-5,12H,1H3,(H2,10,13). The Morgan fingerprint density at radius 1 is 1.57 bits per heavy atom. The van der Waals surface area contributed by atoms with Gasteiger partial charge in [-0.15, -0.1) is 0 Å². The molecule has 4 nitrogen and oxygen atoms in total. The Bertz CT molecular complexity index is 411. The van der Waals surface area contributed by atoms with Gasteiger partial charge in [-0.3, -0.25) is 4.99 Å². The largest absolute Gasteiger partial charge is 0.382 e. The van der Waals surface area contributed by atoms with Gasteiger partial charge in [0, 0.05) is 6.21 Å². The molecule has 14 heavy (non-hydrogen) atoms. The average Bonchev–Trinajstić information content (AvgIpc) is 2.19. The Labute approximate surface area is 86.6 Å². The van der Waals surface area contributed by atoms with Gasteiger partial charge in [0.25, 0.3) is 0 Å². The minimum atomic E-state index is 0.518. The Morgan fingerprint density at radius 2 is 2.43 bits per heavy atom. The van der Waals surface area contributed by atoms with Gasteiger partial charge in [-0.25, -0.2) is 0 Å². The van der Waals surface area contributed by atoms with Crippen LogP contribution in [0.2, 0.25) is 0 Å². The highest BCUT2D eigenvalue weighted by Gasteiger charge is 2.15. The molecule has 5 heteroatoms. The van der Waals surface area contributed by atoms with Crippen LogP contribution >= 0.6 is 12.1 Å². The molecule has 0 aliphatic carbocycles. The van der Waals surface area contributed by atoms with Crippen molar-refractivity contribution in [1.29, 1.82) is 0 Å². The monoisotopic (exact) mass is 206 g/mol. The fraction of sp³-hybridized carbons (Fsp3) is 0.111. The summed E-state index contributed by atoms with van der Waals surface area (Å²) in [5.74, 6) is 0.518. The first-order valence-electron chi connectivity index (χ1n) is 4.20. The van der Waals surface area contributed by atoms with Crippen molar-refractivity contribution in [2.24, 2.45) is 15.1 Å². The number of hydrogen-bond donors (Lipinski definition) is 2. The number of hydrogen-bond acceptors (Lipinski definition) is 5. The number of rotatable bonds is 1. The lowest BCUT2D eigenvalue weighted by atomic mass is 10.1. The van der Waals surface area contributed by atoms with E-state index in [-0.39, 0.29) is 0 Å². The molecule has 0 unspecified atom stereocenters. The molecule has 0 aromatic heterocycles. The summed E-state index contributed by atoms with van der Waals surface area (Å²) in [6.45, 7) is 1.87. The molecule has 0 saturated carbocycles. The fourth-order valence-corrected chi connectivity index (χ4v) is 1.81. The van der Waals surface area contributed by atoms with Crippen molar-refractivity contribution in [2.45, 2.75) is 6.92 Å². The molecule has 0 atom stereocenters. The summed E-state index contributed by atoms with van der Waals surface area (Å²) < 4.78 is 7.11. The molecule has 2 rings (SSSR count). The second-order valence-corrected chi connectivity index (χ2v) is 3.33. The third kappa shape index (κ3) is 1.46. The van der Waals surface area contributed by atoms with Crippen LogP contribution in [0.15, 0.2) is 27.6 Å². The third-order valence-electron chi connectivity index (χ3n) is 1.87. The Balaban J connectivity index is 2.60. The van der Waals surface area contributed by atoms with Gasteiger partial charge in [0.1, 0.15) is 5.84 Å². The molecule has 3 N–H and O–H groups in total. The van der Waals surface area contributed by atoms with Crippen molar-refractivity contribution in [3.8, 4) is 0 Å². The van der Waals surface area contributed by atoms with Gasteiger partial charge in [0.2, 0.25) is 0 Å². The number of amidine groups is 1. The van der Waals surface area contributed by atoms with Crippen LogP contribution in [0.1, 0.15) is 12.5 Å². The van der Waals surface area contributed by atoms with Crippen LogP contribution in [0.4, 0.5) is 11.4 Å². The molecule has 0 bridgehead atoms. The zero-order chi connectivity index (χ0) is 9.97. The second-order valence-electron chi connectivity index (χ2n) is 2.76. The minimum Gasteiger partial charge on any atom is -0.382 e. The fourth-order valence-electron chi connectivity index (χ4n) is 1.31. The van der Waals surface area contributed by atoms with Crippen molar-refractivity contribution in [3.05, 3.63) is 23.8 Å². The predicted octanol–water partition coefficient (Wildman–Crippen LogP) is 2.10. The summed E-state index contributed by atoms with van der Waals surface area (Å²) in [4.78, 5) is 4.24. The van der Waals surface area contributed by atoms with Gasteiger partial charge in [0.05, 0.1) is 29.1 Å². The van der Waals surface area contributed by atoms with Crippen LogP contribution in [-0.4, -0.2) is 12.1 Å². The summed E-state index contributed by atoms with van der Waals surface area (Å²) >= 11 is 1.23. The molecule has 1 aromatic carbocycles. The second kappa shape index (κ2) is 3.71. The Hall–Kier alpha value is -1.49. The number of nitrogens with two attached hydrogens (primary N) is 1. The highest BCUT2D eigenvalue weighted by Crippen LogP contribution is 2.31. The van der Waals surface area contributed by atoms with E-state index in [2.05, 4.69) is 14.1 Å². The maximum Gasteiger partial charge on any atom is 0.145 e. The maximum absolute atomic E-state index is 5.79. The predicted molar refractivity (Wildman–Crippen MR) is 62.2 cm³/mol. The van der Waals surface area contributed by atoms with Crippen LogP contribution < -0.4 is 10.5 Å². The Morgan fingerprint density at radius 3 is 3.21 bits per heavy atom. The van der Waals surface area contributed by atoms with E-state index in [1.54, 1.807) is 6.21 Å². The molecule has 0 fully saturated rings. The van der Waals surface area contributed by atoms with E-state index >= 15 is 0 Å². The molecular formula is C9H10N4S. The van der Waals surface area contributed by atoms with Gasteiger partial charge >= 0.3 is 0 Å². The summed E-state index contributed by atoms with van der Waals surface area (Å²) in [5.41, 5.74) is 8.48. The molecular weight excluding hydrogens is 196 g/mol. The number of aliphatic imine (C=N–C) groups is 1. The topological polar surface area (TPSA) is 62.8 Å². The zero-order valence-corrected chi connectivity index (χ0v) is 8.51. The van der Waals surface area contributed by atoms with Crippen LogP contribution in [0.5, 0.6) is 0 Å². The first kappa shape index (κ1) is 9.08. The van der Waals surface area contributed by atoms with Gasteiger partial charge in [-0.05, 0) is 19.1 Å². The van der Waals surface area contributed by atoms with E-state index < -0.39 is 0 Å². The summed E-state index contributed by atoms with van der Waals surface area (Å²) in [5, 5.41) is 0. The highest BCUT2D eigenvalue weighted by atomic mass is 32.2. The van der Waals surface area contributed by atoms with Gasteiger partial charge in [0.15, 0.2) is 0 Å². The molecule has 1 aromatic rings. The first-order chi connectivity index (χ1) is 6.83. The molecule has 1 aliphatic rings. The number of anilines is 1. The highest BCUT2D eigenvalue weighted by molar-refractivity contribution is 7.99. The lowest BCUT2D eigenvalue weighted by Gasteiger charge is -2.15. The summed E-state index contributed by atoms with van der Waals surface area (Å²) in [6.07, 6.45) is 1.74. The number of nitrogens with zero attached hydrogens (tertiary/aromatic N) is 2. The molecule has 0 radical (unpaired) electrons. The first-order valence-corrected chi connectivity index (χ1v) is 4.98. The molecule has 0 spiro atoms. The lowest BCUT2D eigenvalue weighted by Crippen LogP contribution is -2.17. The van der Waals surface area contributed by atoms with Gasteiger partial charge < -0.3 is 10.5 Å². The molecule has 0 saturated heterocycles. The number of fused-ring (bicyclic) bond motifs is 1. The summed E-state index contributed by atoms with van der Waals surface area (Å²) in [7, 11) is 0. The molecule has 1 aliphatic heterocycles. The van der Waals surface area contributed by atoms with Crippen molar-refractivity contribution in [3.63, 3.8) is 0 Å². The molecule has 0 amide bonds. The third-order valence-corrected chi connectivity index (χ3v) is 2.47. The van der Waals surface area contributed by atoms with Crippen LogP contribution in [-0.2, 0) is 0 Å². The van der Waals surface area contributed by atoms with Crippen LogP contribution in [0.25, 0.3) is 0 Å². The van der Waals surface area contributed by atoms with E-state index in [0.29, 0.717) is 5.84 Å². The normalized spacial score (nSPS) is 14.8. The van der Waals surface area contributed by atoms with Gasteiger partial charge in [-0.2, -0.15) is 4.40 Å². The average molecular weight is 206 g/mol. The van der Waals surface area contributed by atoms with E-state index in [0.717, 1.165) is 16.9 Å². The lowest BCUT2D eigenvalue weighted by molar-refractivity contribution is 1.46. The molecule has 1 heterocycles. The smallest absolute Gasteiger partial charge is 0.145 e. The van der Waals surface area contributed by atoms with Crippen molar-refractivity contribution in [1.82, 2.24) is 0 Å². The van der Waals surface area contributed by atoms with E-state index in [9.17, 15) is 0 Å². The number of benzene rings is 1. The Kier molecular flexibility index (Phi) is 2.41. The van der Waals surface area contributed by atoms with Crippen molar-refractivity contribution in [2.75, 3.05) is 4.72 Å². The SMILES string of the molecule is CC=Nc1cccc2c1C(N)=NSN2. The van der Waals surface area contributed by atoms with Gasteiger partial charge in [-0.1, -0.05) is 6.07 Å². The molecule has 72 valence electrons. The van der Waals surface area contributed by atoms with Crippen molar-refractivity contribution < 1.29 is 0 Å². The quantitative estimate of drug-likeness (QED) is 0.546.